The summed E-state index contributed by atoms with van der Waals surface area (Å²) in [6, 6.07) is 12.1. The van der Waals surface area contributed by atoms with Crippen LogP contribution in [0.3, 0.4) is 0 Å². The second-order valence-electron chi connectivity index (χ2n) is 4.21. The lowest BCUT2D eigenvalue weighted by Crippen LogP contribution is -2.23. The molecule has 0 amide bonds. The van der Waals surface area contributed by atoms with Gasteiger partial charge in [-0.25, -0.2) is 13.1 Å². The molecule has 21 heavy (non-hydrogen) atoms. The van der Waals surface area contributed by atoms with Crippen molar-refractivity contribution in [3.63, 3.8) is 0 Å². The molecule has 0 unspecified atom stereocenters. The Morgan fingerprint density at radius 2 is 1.86 bits per heavy atom. The Balaban J connectivity index is 2.15. The Hall–Kier alpha value is -1.77. The van der Waals surface area contributed by atoms with E-state index in [9.17, 15) is 18.5 Å². The van der Waals surface area contributed by atoms with Crippen LogP contribution in [-0.2, 0) is 16.6 Å². The number of nitrogens with zero attached hydrogens (tertiary/aromatic N) is 1. The molecule has 6 nitrogen and oxygen atoms in total. The zero-order valence-corrected chi connectivity index (χ0v) is 13.1. The molecule has 0 fully saturated rings. The summed E-state index contributed by atoms with van der Waals surface area (Å²) in [6.45, 7) is -0.0173. The summed E-state index contributed by atoms with van der Waals surface area (Å²) in [5.74, 6) is 0. The second-order valence-corrected chi connectivity index (χ2v) is 6.89. The van der Waals surface area contributed by atoms with Gasteiger partial charge in [-0.05, 0) is 23.8 Å². The lowest BCUT2D eigenvalue weighted by atomic mass is 10.2. The average Bonchev–Trinajstić information content (AvgIpc) is 2.45. The van der Waals surface area contributed by atoms with Gasteiger partial charge in [0.15, 0.2) is 0 Å². The summed E-state index contributed by atoms with van der Waals surface area (Å²) in [5.41, 5.74) is 0.442. The Bertz CT molecular complexity index is 777. The van der Waals surface area contributed by atoms with E-state index in [2.05, 4.69) is 20.7 Å². The second kappa shape index (κ2) is 6.33. The third-order valence-corrected chi connectivity index (χ3v) is 4.59. The number of hydrogen-bond acceptors (Lipinski definition) is 4. The predicted octanol–water partition coefficient (Wildman–Crippen LogP) is 2.84. The van der Waals surface area contributed by atoms with Crippen molar-refractivity contribution in [3.05, 3.63) is 68.7 Å². The number of nitro groups is 1. The summed E-state index contributed by atoms with van der Waals surface area (Å²) in [7, 11) is -3.66. The van der Waals surface area contributed by atoms with Gasteiger partial charge < -0.3 is 0 Å². The Labute approximate surface area is 130 Å². The van der Waals surface area contributed by atoms with Crippen molar-refractivity contribution < 1.29 is 13.3 Å². The molecule has 110 valence electrons. The number of halogens is 1. The van der Waals surface area contributed by atoms with Gasteiger partial charge in [0.1, 0.15) is 0 Å². The molecule has 0 aliphatic carbocycles. The molecule has 0 aliphatic heterocycles. The maximum atomic E-state index is 12.1. The van der Waals surface area contributed by atoms with Crippen LogP contribution in [0.4, 0.5) is 5.69 Å². The topological polar surface area (TPSA) is 89.3 Å². The highest BCUT2D eigenvalue weighted by Crippen LogP contribution is 2.17. The van der Waals surface area contributed by atoms with Gasteiger partial charge in [-0.1, -0.05) is 34.1 Å². The van der Waals surface area contributed by atoms with Gasteiger partial charge in [0.25, 0.3) is 5.69 Å². The first-order chi connectivity index (χ1) is 9.88. The van der Waals surface area contributed by atoms with E-state index in [4.69, 9.17) is 0 Å². The number of benzene rings is 2. The molecule has 2 rings (SSSR count). The van der Waals surface area contributed by atoms with Crippen LogP contribution in [0.15, 0.2) is 57.9 Å². The molecule has 0 heterocycles. The molecular formula is C13H11BrN2O4S. The minimum atomic E-state index is -3.66. The third-order valence-electron chi connectivity index (χ3n) is 2.69. The van der Waals surface area contributed by atoms with E-state index in [1.165, 1.54) is 30.3 Å². The van der Waals surface area contributed by atoms with Crippen LogP contribution >= 0.6 is 15.9 Å². The first kappa shape index (κ1) is 15.6. The van der Waals surface area contributed by atoms with Crippen LogP contribution in [0.1, 0.15) is 5.56 Å². The summed E-state index contributed by atoms with van der Waals surface area (Å²) >= 11 is 3.21. The van der Waals surface area contributed by atoms with Gasteiger partial charge in [0.05, 0.1) is 9.82 Å². The zero-order chi connectivity index (χ0) is 15.5. The molecule has 0 radical (unpaired) electrons. The van der Waals surface area contributed by atoms with E-state index < -0.39 is 14.9 Å². The smallest absolute Gasteiger partial charge is 0.258 e. The summed E-state index contributed by atoms with van der Waals surface area (Å²) < 4.78 is 27.3. The molecular weight excluding hydrogens is 360 g/mol. The zero-order valence-electron chi connectivity index (χ0n) is 10.7. The van der Waals surface area contributed by atoms with E-state index >= 15 is 0 Å². The highest BCUT2D eigenvalue weighted by Gasteiger charge is 2.14. The van der Waals surface area contributed by atoms with Gasteiger partial charge in [0.2, 0.25) is 10.0 Å². The number of sulfonamides is 1. The third kappa shape index (κ3) is 4.10. The molecule has 0 spiro atoms. The van der Waals surface area contributed by atoms with Crippen molar-refractivity contribution in [2.45, 2.75) is 11.4 Å². The van der Waals surface area contributed by atoms with Crippen molar-refractivity contribution in [1.29, 1.82) is 0 Å². The van der Waals surface area contributed by atoms with Crippen molar-refractivity contribution in [2.24, 2.45) is 0 Å². The predicted molar refractivity (Wildman–Crippen MR) is 81.3 cm³/mol. The highest BCUT2D eigenvalue weighted by molar-refractivity contribution is 9.10. The van der Waals surface area contributed by atoms with Gasteiger partial charge in [-0.2, -0.15) is 0 Å². The maximum Gasteiger partial charge on any atom is 0.269 e. The summed E-state index contributed by atoms with van der Waals surface area (Å²) in [6.07, 6.45) is 0. The largest absolute Gasteiger partial charge is 0.269 e. The molecule has 0 saturated carbocycles. The molecule has 0 bridgehead atoms. The Morgan fingerprint density at radius 3 is 2.52 bits per heavy atom. The first-order valence-corrected chi connectivity index (χ1v) is 8.15. The molecule has 2 aromatic carbocycles. The quantitative estimate of drug-likeness (QED) is 0.647. The lowest BCUT2D eigenvalue weighted by Gasteiger charge is -2.07. The molecule has 1 N–H and O–H groups in total. The monoisotopic (exact) mass is 370 g/mol. The first-order valence-electron chi connectivity index (χ1n) is 5.87. The maximum absolute atomic E-state index is 12.1. The van der Waals surface area contributed by atoms with Gasteiger partial charge in [0, 0.05) is 23.2 Å². The highest BCUT2D eigenvalue weighted by atomic mass is 79.9. The lowest BCUT2D eigenvalue weighted by molar-refractivity contribution is -0.384. The van der Waals surface area contributed by atoms with E-state index in [1.807, 2.05) is 0 Å². The molecule has 8 heteroatoms. The van der Waals surface area contributed by atoms with Crippen molar-refractivity contribution in [2.75, 3.05) is 0 Å². The number of hydrogen-bond donors (Lipinski definition) is 1. The van der Waals surface area contributed by atoms with E-state index in [0.29, 0.717) is 10.0 Å². The summed E-state index contributed by atoms with van der Waals surface area (Å²) in [4.78, 5) is 10.3. The van der Waals surface area contributed by atoms with Crippen LogP contribution in [-0.4, -0.2) is 13.3 Å². The van der Waals surface area contributed by atoms with Crippen LogP contribution in [0, 0.1) is 10.1 Å². The number of rotatable bonds is 5. The van der Waals surface area contributed by atoms with Crippen LogP contribution in [0.2, 0.25) is 0 Å². The average molecular weight is 371 g/mol. The molecule has 0 aliphatic rings. The van der Waals surface area contributed by atoms with Gasteiger partial charge >= 0.3 is 0 Å². The number of nitrogens with one attached hydrogen (secondary N) is 1. The molecule has 0 aromatic heterocycles. The fourth-order valence-corrected chi connectivity index (χ4v) is 3.29. The molecule has 2 aromatic rings. The van der Waals surface area contributed by atoms with Crippen molar-refractivity contribution in [3.8, 4) is 0 Å². The van der Waals surface area contributed by atoms with E-state index in [1.54, 1.807) is 18.2 Å². The normalized spacial score (nSPS) is 11.3. The fourth-order valence-electron chi connectivity index (χ4n) is 1.68. The van der Waals surface area contributed by atoms with E-state index in [0.717, 1.165) is 0 Å². The number of non-ortho nitro benzene ring substituents is 1. The molecule has 0 atom stereocenters. The van der Waals surface area contributed by atoms with Crippen molar-refractivity contribution >= 4 is 31.6 Å². The van der Waals surface area contributed by atoms with Gasteiger partial charge in [-0.15, -0.1) is 0 Å². The van der Waals surface area contributed by atoms with Crippen LogP contribution < -0.4 is 4.72 Å². The Kier molecular flexibility index (Phi) is 4.71. The Morgan fingerprint density at radius 1 is 1.14 bits per heavy atom. The minimum Gasteiger partial charge on any atom is -0.258 e. The fraction of sp³-hybridized carbons (Fsp3) is 0.0769. The van der Waals surface area contributed by atoms with Crippen molar-refractivity contribution in [1.82, 2.24) is 4.72 Å². The van der Waals surface area contributed by atoms with Crippen LogP contribution in [0.5, 0.6) is 0 Å². The summed E-state index contributed by atoms with van der Waals surface area (Å²) in [5, 5.41) is 10.7. The standard InChI is InChI=1S/C13H11BrN2O4S/c14-11-4-2-6-13(8-11)21(19,20)15-9-10-3-1-5-12(7-10)16(17)18/h1-8,15H,9H2. The van der Waals surface area contributed by atoms with E-state index in [-0.39, 0.29) is 17.1 Å². The van der Waals surface area contributed by atoms with Gasteiger partial charge in [-0.3, -0.25) is 10.1 Å². The SMILES string of the molecule is O=[N+]([O-])c1cccc(CNS(=O)(=O)c2cccc(Br)c2)c1. The minimum absolute atomic E-state index is 0.0173. The number of nitro benzene ring substituents is 1. The van der Waals surface area contributed by atoms with Crippen LogP contribution in [0.25, 0.3) is 0 Å². The molecule has 0 saturated heterocycles.